The Morgan fingerprint density at radius 2 is 1.48 bits per heavy atom. The zero-order chi connectivity index (χ0) is 32.5. The summed E-state index contributed by atoms with van der Waals surface area (Å²) in [6.07, 6.45) is 5.27. The van der Waals surface area contributed by atoms with E-state index in [0.717, 1.165) is 52.0 Å². The molecule has 5 rings (SSSR count). The van der Waals surface area contributed by atoms with Crippen molar-refractivity contribution < 1.29 is 18.0 Å². The Bertz CT molecular complexity index is 1730. The zero-order valence-corrected chi connectivity index (χ0v) is 28.6. The van der Waals surface area contributed by atoms with Gasteiger partial charge in [-0.1, -0.05) is 114 Å². The van der Waals surface area contributed by atoms with E-state index in [1.54, 1.807) is 36.4 Å². The topological polar surface area (TPSA) is 86.8 Å². The lowest BCUT2D eigenvalue weighted by molar-refractivity contribution is -0.140. The summed E-state index contributed by atoms with van der Waals surface area (Å²) in [7, 11) is -4.19. The second-order valence-electron chi connectivity index (χ2n) is 11.5. The van der Waals surface area contributed by atoms with Gasteiger partial charge in [-0.05, 0) is 66.4 Å². The first-order chi connectivity index (χ1) is 22.2. The molecule has 0 aromatic heterocycles. The summed E-state index contributed by atoms with van der Waals surface area (Å²) in [6.45, 7) is -0.434. The van der Waals surface area contributed by atoms with Gasteiger partial charge in [0.2, 0.25) is 11.8 Å². The molecule has 1 N–H and O–H groups in total. The summed E-state index contributed by atoms with van der Waals surface area (Å²) < 4.78 is 30.1. The number of nitrogens with zero attached hydrogens (tertiary/aromatic N) is 2. The van der Waals surface area contributed by atoms with Gasteiger partial charge in [0, 0.05) is 28.5 Å². The van der Waals surface area contributed by atoms with Gasteiger partial charge in [0.1, 0.15) is 12.6 Å². The Morgan fingerprint density at radius 1 is 0.826 bits per heavy atom. The highest BCUT2D eigenvalue weighted by atomic mass is 79.9. The van der Waals surface area contributed by atoms with Crippen molar-refractivity contribution in [2.24, 2.45) is 0 Å². The number of hydrogen-bond donors (Lipinski definition) is 1. The third kappa shape index (κ3) is 8.78. The first kappa shape index (κ1) is 33.7. The Morgan fingerprint density at radius 3 is 2.15 bits per heavy atom. The van der Waals surface area contributed by atoms with Crippen LogP contribution in [0.1, 0.15) is 43.2 Å². The normalized spacial score (nSPS) is 14.3. The van der Waals surface area contributed by atoms with Crippen molar-refractivity contribution >= 4 is 55.1 Å². The van der Waals surface area contributed by atoms with Crippen LogP contribution in [0, 0.1) is 0 Å². The summed E-state index contributed by atoms with van der Waals surface area (Å²) in [6, 6.07) is 30.7. The van der Waals surface area contributed by atoms with Gasteiger partial charge >= 0.3 is 0 Å². The van der Waals surface area contributed by atoms with Gasteiger partial charge < -0.3 is 10.2 Å². The molecular weight excluding hydrogens is 686 g/mol. The molecule has 0 saturated heterocycles. The van der Waals surface area contributed by atoms with Crippen molar-refractivity contribution in [2.75, 3.05) is 10.8 Å². The Balaban J connectivity index is 1.56. The molecule has 0 radical (unpaired) electrons. The molecule has 0 unspecified atom stereocenters. The molecule has 0 aliphatic heterocycles. The van der Waals surface area contributed by atoms with Gasteiger partial charge in [-0.15, -0.1) is 0 Å². The van der Waals surface area contributed by atoms with E-state index in [4.69, 9.17) is 11.6 Å². The van der Waals surface area contributed by atoms with Crippen molar-refractivity contribution in [2.45, 2.75) is 62.0 Å². The van der Waals surface area contributed by atoms with E-state index in [2.05, 4.69) is 21.2 Å². The highest BCUT2D eigenvalue weighted by Gasteiger charge is 2.35. The Labute approximate surface area is 284 Å². The summed E-state index contributed by atoms with van der Waals surface area (Å²) in [5.74, 6) is -0.765. The van der Waals surface area contributed by atoms with Crippen LogP contribution >= 0.6 is 27.5 Å². The first-order valence-corrected chi connectivity index (χ1v) is 18.0. The van der Waals surface area contributed by atoms with E-state index >= 15 is 0 Å². The smallest absolute Gasteiger partial charge is 0.264 e. The van der Waals surface area contributed by atoms with Crippen LogP contribution in [0.15, 0.2) is 119 Å². The van der Waals surface area contributed by atoms with Gasteiger partial charge in [0.25, 0.3) is 10.0 Å². The molecule has 4 aromatic rings. The van der Waals surface area contributed by atoms with Gasteiger partial charge in [0.05, 0.1) is 10.6 Å². The highest BCUT2D eigenvalue weighted by molar-refractivity contribution is 9.10. The van der Waals surface area contributed by atoms with Crippen LogP contribution in [-0.2, 0) is 32.6 Å². The fourth-order valence-corrected chi connectivity index (χ4v) is 7.87. The molecular formula is C36H37BrClN3O4S. The predicted octanol–water partition coefficient (Wildman–Crippen LogP) is 7.39. The number of rotatable bonds is 12. The number of hydrogen-bond acceptors (Lipinski definition) is 4. The van der Waals surface area contributed by atoms with Crippen molar-refractivity contribution in [1.82, 2.24) is 10.2 Å². The zero-order valence-electron chi connectivity index (χ0n) is 25.4. The molecule has 1 fully saturated rings. The maximum Gasteiger partial charge on any atom is 0.264 e. The van der Waals surface area contributed by atoms with Gasteiger partial charge in [-0.2, -0.15) is 0 Å². The second-order valence-corrected chi connectivity index (χ2v) is 14.7. The van der Waals surface area contributed by atoms with E-state index in [1.165, 1.54) is 23.1 Å². The molecule has 7 nitrogen and oxygen atoms in total. The fraction of sp³-hybridized carbons (Fsp3) is 0.278. The van der Waals surface area contributed by atoms with Crippen LogP contribution in [0.3, 0.4) is 0 Å². The third-order valence-corrected chi connectivity index (χ3v) is 10.7. The molecule has 2 amide bonds. The summed E-state index contributed by atoms with van der Waals surface area (Å²) in [5.41, 5.74) is 1.94. The third-order valence-electron chi connectivity index (χ3n) is 8.17. The molecule has 4 aromatic carbocycles. The average molecular weight is 723 g/mol. The maximum atomic E-state index is 14.6. The predicted molar refractivity (Wildman–Crippen MR) is 186 cm³/mol. The van der Waals surface area contributed by atoms with Crippen LogP contribution in [0.2, 0.25) is 5.02 Å². The van der Waals surface area contributed by atoms with E-state index in [-0.39, 0.29) is 35.5 Å². The van der Waals surface area contributed by atoms with Crippen LogP contribution < -0.4 is 9.62 Å². The van der Waals surface area contributed by atoms with Crippen molar-refractivity contribution in [1.29, 1.82) is 0 Å². The summed E-state index contributed by atoms with van der Waals surface area (Å²) in [4.78, 5) is 30.3. The van der Waals surface area contributed by atoms with E-state index in [0.29, 0.717) is 5.02 Å². The van der Waals surface area contributed by atoms with Gasteiger partial charge in [-0.25, -0.2) is 8.42 Å². The minimum atomic E-state index is -4.19. The fourth-order valence-electron chi connectivity index (χ4n) is 5.81. The number of carbonyl (C=O) groups excluding carboxylic acids is 2. The van der Waals surface area contributed by atoms with Crippen LogP contribution in [0.4, 0.5) is 5.69 Å². The minimum Gasteiger partial charge on any atom is -0.352 e. The Hall–Kier alpha value is -3.66. The van der Waals surface area contributed by atoms with Crippen LogP contribution in [0.25, 0.3) is 0 Å². The van der Waals surface area contributed by atoms with E-state index < -0.39 is 28.5 Å². The second kappa shape index (κ2) is 15.8. The largest absolute Gasteiger partial charge is 0.352 e. The quantitative estimate of drug-likeness (QED) is 0.165. The minimum absolute atomic E-state index is 0.0313. The van der Waals surface area contributed by atoms with Gasteiger partial charge in [0.15, 0.2) is 0 Å². The highest BCUT2D eigenvalue weighted by Crippen LogP contribution is 2.27. The van der Waals surface area contributed by atoms with Crippen LogP contribution in [-0.4, -0.2) is 43.8 Å². The Kier molecular flexibility index (Phi) is 11.5. The van der Waals surface area contributed by atoms with Crippen molar-refractivity contribution in [3.05, 3.63) is 130 Å². The van der Waals surface area contributed by atoms with Crippen molar-refractivity contribution in [3.63, 3.8) is 0 Å². The molecule has 1 aliphatic rings. The maximum absolute atomic E-state index is 14.6. The number of carbonyl (C=O) groups is 2. The number of halogens is 2. The van der Waals surface area contributed by atoms with Gasteiger partial charge in [-0.3, -0.25) is 13.9 Å². The lowest BCUT2D eigenvalue weighted by Crippen LogP contribution is -2.55. The standard InChI is InChI=1S/C36H37BrClN3O4S/c37-29-15-10-14-28(22-29)25-40(34(23-27-12-4-1-5-13-27)36(43)39-31-17-6-2-7-18-31)35(42)26-41(32-19-11-16-30(38)24-32)46(44,45)33-20-8-3-9-21-33/h1,3-5,8-16,19-22,24,31,34H,2,6-7,17-18,23,25-26H2,(H,39,43)/t34-/m1/s1. The lowest BCUT2D eigenvalue weighted by Gasteiger charge is -2.35. The molecule has 1 aliphatic carbocycles. The number of amides is 2. The molecule has 240 valence electrons. The lowest BCUT2D eigenvalue weighted by atomic mass is 9.94. The number of anilines is 1. The monoisotopic (exact) mass is 721 g/mol. The molecule has 0 spiro atoms. The number of nitrogens with one attached hydrogen (secondary N) is 1. The molecule has 46 heavy (non-hydrogen) atoms. The summed E-state index contributed by atoms with van der Waals surface area (Å²) >= 11 is 9.83. The number of benzene rings is 4. The number of sulfonamides is 1. The SMILES string of the molecule is O=C(NC1CCCCC1)[C@@H](Cc1ccccc1)N(Cc1cccc(Br)c1)C(=O)CN(c1cccc(Cl)c1)S(=O)(=O)c1ccccc1. The first-order valence-electron chi connectivity index (χ1n) is 15.4. The van der Waals surface area contributed by atoms with E-state index in [9.17, 15) is 18.0 Å². The molecule has 1 atom stereocenters. The summed E-state index contributed by atoms with van der Waals surface area (Å²) in [5, 5.41) is 3.56. The molecule has 1 saturated carbocycles. The average Bonchev–Trinajstić information content (AvgIpc) is 3.06. The molecule has 10 heteroatoms. The van der Waals surface area contributed by atoms with Crippen LogP contribution in [0.5, 0.6) is 0 Å². The molecule has 0 heterocycles. The van der Waals surface area contributed by atoms with E-state index in [1.807, 2.05) is 54.6 Å². The van der Waals surface area contributed by atoms with Crippen molar-refractivity contribution in [3.8, 4) is 0 Å². The molecule has 0 bridgehead atoms.